The molecule has 0 amide bonds. The average molecular weight is 1720 g/mol. The van der Waals surface area contributed by atoms with Gasteiger partial charge in [-0.25, -0.2) is 38.4 Å². The van der Waals surface area contributed by atoms with E-state index in [4.69, 9.17) is 56.8 Å². The summed E-state index contributed by atoms with van der Waals surface area (Å²) in [6.45, 7) is 17.8. The summed E-state index contributed by atoms with van der Waals surface area (Å²) >= 11 is 0. The van der Waals surface area contributed by atoms with E-state index >= 15 is 0 Å². The van der Waals surface area contributed by atoms with Crippen LogP contribution in [-0.2, 0) is 51.0 Å². The largest absolute Gasteiger partial charge is 0.494 e. The Morgan fingerprint density at radius 2 is 0.376 bits per heavy atom. The highest BCUT2D eigenvalue weighted by molar-refractivity contribution is 5.94. The molecule has 20 nitrogen and oxygen atoms in total. The number of carbonyl (C=O) groups is 8. The smallest absolute Gasteiger partial charge is 0.343 e. The summed E-state index contributed by atoms with van der Waals surface area (Å²) in [4.78, 5) is 99.9. The minimum absolute atomic E-state index is 0.321. The van der Waals surface area contributed by atoms with Crippen LogP contribution in [0.15, 0.2) is 184 Å². The number of carbonyl (C=O) groups excluding carboxylic acids is 8. The van der Waals surface area contributed by atoms with E-state index in [9.17, 15) is 38.4 Å². The Bertz CT molecular complexity index is 3810. The predicted octanol–water partition coefficient (Wildman–Crippen LogP) is 25.6. The molecule has 0 unspecified atom stereocenters. The molecule has 6 rings (SSSR count). The van der Waals surface area contributed by atoms with Crippen molar-refractivity contribution in [1.82, 2.24) is 0 Å². The summed E-state index contributed by atoms with van der Waals surface area (Å²) in [7, 11) is 0. The van der Waals surface area contributed by atoms with Crippen LogP contribution in [0.5, 0.6) is 46.0 Å². The third-order valence-corrected chi connectivity index (χ3v) is 21.5. The van der Waals surface area contributed by atoms with Crippen LogP contribution in [0.1, 0.15) is 329 Å². The Morgan fingerprint density at radius 1 is 0.200 bits per heavy atom. The molecule has 0 aliphatic carbocycles. The van der Waals surface area contributed by atoms with Crippen molar-refractivity contribution in [3.05, 3.63) is 217 Å². The summed E-state index contributed by atoms with van der Waals surface area (Å²) in [6, 6.07) is 38.0. The Hall–Kier alpha value is -10.8. The van der Waals surface area contributed by atoms with Crippen LogP contribution < -0.4 is 37.9 Å². The molecule has 0 saturated carbocycles. The maximum Gasteiger partial charge on any atom is 0.343 e. The highest BCUT2D eigenvalue weighted by Crippen LogP contribution is 2.32. The first kappa shape index (κ1) is 103. The minimum atomic E-state index is -0.533. The van der Waals surface area contributed by atoms with E-state index in [2.05, 4.69) is 26.3 Å². The number of hydrogen-bond donors (Lipinski definition) is 0. The average Bonchev–Trinajstić information content (AvgIpc) is 0.834. The number of ether oxygens (including phenoxy) is 12. The number of hydrogen-bond acceptors (Lipinski definition) is 20. The van der Waals surface area contributed by atoms with Gasteiger partial charge in [-0.05, 0) is 222 Å². The highest BCUT2D eigenvalue weighted by atomic mass is 16.6. The van der Waals surface area contributed by atoms with Gasteiger partial charge in [-0.1, -0.05) is 238 Å². The van der Waals surface area contributed by atoms with Gasteiger partial charge < -0.3 is 56.8 Å². The van der Waals surface area contributed by atoms with Crippen molar-refractivity contribution >= 4 is 47.8 Å². The van der Waals surface area contributed by atoms with Gasteiger partial charge in [0.15, 0.2) is 0 Å². The van der Waals surface area contributed by atoms with E-state index in [1.807, 2.05) is 0 Å². The number of aryl methyl sites for hydroxylation is 2. The van der Waals surface area contributed by atoms with E-state index in [-0.39, 0.29) is 23.9 Å². The van der Waals surface area contributed by atoms with Crippen LogP contribution >= 0.6 is 0 Å². The summed E-state index contributed by atoms with van der Waals surface area (Å²) in [5.74, 6) is 0.462. The van der Waals surface area contributed by atoms with Crippen LogP contribution in [0.2, 0.25) is 0 Å². The van der Waals surface area contributed by atoms with Crippen molar-refractivity contribution in [1.29, 1.82) is 0 Å². The lowest BCUT2D eigenvalue weighted by atomic mass is 10.0. The zero-order valence-electron chi connectivity index (χ0n) is 74.5. The van der Waals surface area contributed by atoms with E-state index in [0.717, 1.165) is 249 Å². The quantitative estimate of drug-likeness (QED) is 0.0113. The molecule has 680 valence electrons. The molecule has 0 aliphatic heterocycles. The fraction of sp³-hybridized carbons (Fsp3) is 0.505. The monoisotopic (exact) mass is 1720 g/mol. The summed E-state index contributed by atoms with van der Waals surface area (Å²) in [6.07, 6.45) is 50.6. The number of rotatable bonds is 74. The van der Waals surface area contributed by atoms with Gasteiger partial charge in [0.1, 0.15) is 46.0 Å². The molecule has 0 fully saturated rings. The molecule has 0 N–H and O–H groups in total. The van der Waals surface area contributed by atoms with E-state index in [0.29, 0.717) is 134 Å². The van der Waals surface area contributed by atoms with Crippen LogP contribution in [0.4, 0.5) is 0 Å². The molecule has 125 heavy (non-hydrogen) atoms. The van der Waals surface area contributed by atoms with Crippen LogP contribution in [0.25, 0.3) is 0 Å². The molecule has 0 radical (unpaired) electrons. The molecule has 6 aromatic rings. The number of unbranched alkanes of at least 4 members (excludes halogenated alkanes) is 38. The molecule has 0 bridgehead atoms. The van der Waals surface area contributed by atoms with E-state index in [1.165, 1.54) is 62.8 Å². The molecule has 0 heterocycles. The van der Waals surface area contributed by atoms with Crippen LogP contribution in [-0.4, -0.2) is 101 Å². The molecule has 0 saturated heterocycles. The van der Waals surface area contributed by atoms with E-state index in [1.54, 1.807) is 133 Å². The summed E-state index contributed by atoms with van der Waals surface area (Å²) < 4.78 is 68.5. The summed E-state index contributed by atoms with van der Waals surface area (Å²) in [5.41, 5.74) is 2.91. The van der Waals surface area contributed by atoms with Gasteiger partial charge in [-0.3, -0.25) is 0 Å². The van der Waals surface area contributed by atoms with Gasteiger partial charge in [-0.2, -0.15) is 0 Å². The molecule has 6 aromatic carbocycles. The lowest BCUT2D eigenvalue weighted by molar-refractivity contribution is -0.138. The third kappa shape index (κ3) is 47.8. The SMILES string of the molecule is C=CC(=O)OCCCCCCCCCCCOc1ccc(C(=O)Oc2ccc(OC(=O)c3ccc(OCCCCCCCCCCCOC(=O)C=C)cc3)c(CCCCCCCCCc3cc(OC(=O)c4ccc(OCCCCCCCCCCCOC(=O)C=C)cc4)ccc3OC(=O)c3ccc(OCCCCCCCCCCCOC(=O)C=C)cc3)c2)cc1. The Balaban J connectivity index is 0.995. The van der Waals surface area contributed by atoms with Crippen LogP contribution in [0, 0.1) is 0 Å². The standard InChI is InChI=1S/C105H140O20/c1-5-98(106)118-78-48-38-28-17-9-13-24-34-44-74-114-90-62-54-84(55-63-90)102(110)122-94-70-72-96(124-104(112)86-58-66-92(67-59-86)116-76-46-36-26-15-11-19-30-40-50-80-120-100(108)7-3)88(82-94)52-42-32-22-21-23-33-43-53-89-83-95(123-103(111)85-56-64-91(65-57-85)115-75-45-35-25-14-10-18-29-39-49-79-119-99(107)6-2)71-73-97(89)125-105(113)87-60-68-93(69-61-87)117-77-47-37-27-16-12-20-31-41-51-81-121-101(109)8-4/h5-8,54-73,82-83H,1-4,9-53,74-81H2. The first-order valence-corrected chi connectivity index (χ1v) is 46.5. The molecule has 0 spiro atoms. The second-order valence-corrected chi connectivity index (χ2v) is 31.8. The predicted molar refractivity (Wildman–Crippen MR) is 491 cm³/mol. The third-order valence-electron chi connectivity index (χ3n) is 21.5. The second kappa shape index (κ2) is 66.7. The van der Waals surface area contributed by atoms with Crippen molar-refractivity contribution in [3.63, 3.8) is 0 Å². The normalized spacial score (nSPS) is 10.9. The molecule has 0 aromatic heterocycles. The molecular formula is C105H140O20. The number of esters is 8. The lowest BCUT2D eigenvalue weighted by Gasteiger charge is -2.14. The zero-order chi connectivity index (χ0) is 89.0. The molecule has 20 heteroatoms. The maximum atomic E-state index is 13.8. The first-order chi connectivity index (χ1) is 61.2. The molecular weight excluding hydrogens is 1580 g/mol. The Kier molecular flexibility index (Phi) is 55.0. The second-order valence-electron chi connectivity index (χ2n) is 31.8. The van der Waals surface area contributed by atoms with Gasteiger partial charge in [0.25, 0.3) is 0 Å². The zero-order valence-corrected chi connectivity index (χ0v) is 74.5. The fourth-order valence-electron chi connectivity index (χ4n) is 14.2. The minimum Gasteiger partial charge on any atom is -0.494 e. The van der Waals surface area contributed by atoms with Gasteiger partial charge in [0.2, 0.25) is 0 Å². The van der Waals surface area contributed by atoms with Crippen molar-refractivity contribution in [2.24, 2.45) is 0 Å². The van der Waals surface area contributed by atoms with Crippen LogP contribution in [0.3, 0.4) is 0 Å². The Labute approximate surface area is 744 Å². The molecule has 0 aliphatic rings. The Morgan fingerprint density at radius 3 is 0.584 bits per heavy atom. The summed E-state index contributed by atoms with van der Waals surface area (Å²) in [5, 5.41) is 0. The van der Waals surface area contributed by atoms with Crippen molar-refractivity contribution in [2.75, 3.05) is 52.9 Å². The van der Waals surface area contributed by atoms with Gasteiger partial charge in [-0.15, -0.1) is 0 Å². The van der Waals surface area contributed by atoms with Crippen molar-refractivity contribution in [2.45, 2.75) is 289 Å². The van der Waals surface area contributed by atoms with Crippen molar-refractivity contribution in [3.8, 4) is 46.0 Å². The van der Waals surface area contributed by atoms with Gasteiger partial charge in [0.05, 0.1) is 75.1 Å². The lowest BCUT2D eigenvalue weighted by Crippen LogP contribution is -2.11. The van der Waals surface area contributed by atoms with Gasteiger partial charge >= 0.3 is 47.8 Å². The topological polar surface area (TPSA) is 247 Å². The number of benzene rings is 6. The molecule has 0 atom stereocenters. The first-order valence-electron chi connectivity index (χ1n) is 46.5. The van der Waals surface area contributed by atoms with Gasteiger partial charge in [0, 0.05) is 24.3 Å². The maximum absolute atomic E-state index is 13.8. The van der Waals surface area contributed by atoms with Crippen molar-refractivity contribution < 1.29 is 95.2 Å². The highest BCUT2D eigenvalue weighted by Gasteiger charge is 2.20. The fourth-order valence-corrected chi connectivity index (χ4v) is 14.2. The van der Waals surface area contributed by atoms with E-state index < -0.39 is 23.9 Å².